The quantitative estimate of drug-likeness (QED) is 0.743. The summed E-state index contributed by atoms with van der Waals surface area (Å²) < 4.78 is 1.93. The summed E-state index contributed by atoms with van der Waals surface area (Å²) in [4.78, 5) is 13.2. The molecule has 2 aromatic heterocycles. The van der Waals surface area contributed by atoms with E-state index < -0.39 is 0 Å². The molecule has 0 atom stereocenters. The predicted octanol–water partition coefficient (Wildman–Crippen LogP) is 4.75. The Labute approximate surface area is 131 Å². The topological polar surface area (TPSA) is 34.0 Å². The Balaban J connectivity index is 1.88. The highest BCUT2D eigenvalue weighted by Gasteiger charge is 2.15. The summed E-state index contributed by atoms with van der Waals surface area (Å²) in [6, 6.07) is 11.2. The van der Waals surface area contributed by atoms with Gasteiger partial charge in [0.25, 0.3) is 5.91 Å². The second kappa shape index (κ2) is 5.76. The van der Waals surface area contributed by atoms with Crippen molar-refractivity contribution in [1.29, 1.82) is 0 Å². The molecule has 1 amide bonds. The third-order valence-electron chi connectivity index (χ3n) is 3.17. The summed E-state index contributed by atoms with van der Waals surface area (Å²) in [5.74, 6) is -0.112. The molecular formula is C16H13ClN2OS. The number of hydrogen-bond acceptors (Lipinski definition) is 2. The van der Waals surface area contributed by atoms with E-state index in [1.807, 2.05) is 59.6 Å². The molecule has 3 rings (SSSR count). The SMILES string of the molecule is Cc1cc(Cl)ccc1NC(=O)c1sccc1-n1cccc1. The Hall–Kier alpha value is -2.04. The van der Waals surface area contributed by atoms with E-state index in [-0.39, 0.29) is 5.91 Å². The lowest BCUT2D eigenvalue weighted by molar-refractivity contribution is 0.103. The van der Waals surface area contributed by atoms with Crippen molar-refractivity contribution in [3.8, 4) is 5.69 Å². The van der Waals surface area contributed by atoms with Crippen molar-refractivity contribution in [3.05, 3.63) is 69.6 Å². The molecule has 3 aromatic rings. The first-order chi connectivity index (χ1) is 10.1. The lowest BCUT2D eigenvalue weighted by Gasteiger charge is -2.09. The maximum absolute atomic E-state index is 12.5. The average Bonchev–Trinajstić information content (AvgIpc) is 3.10. The lowest BCUT2D eigenvalue weighted by atomic mass is 10.2. The number of anilines is 1. The fourth-order valence-electron chi connectivity index (χ4n) is 2.12. The molecule has 0 aliphatic carbocycles. The van der Waals surface area contributed by atoms with Gasteiger partial charge in [0, 0.05) is 23.1 Å². The van der Waals surface area contributed by atoms with Gasteiger partial charge in [0.05, 0.1) is 5.69 Å². The Morgan fingerprint density at radius 3 is 2.71 bits per heavy atom. The normalized spacial score (nSPS) is 10.6. The molecule has 2 heterocycles. The van der Waals surface area contributed by atoms with E-state index in [4.69, 9.17) is 11.6 Å². The van der Waals surface area contributed by atoms with Crippen LogP contribution < -0.4 is 5.32 Å². The molecule has 3 nitrogen and oxygen atoms in total. The maximum Gasteiger partial charge on any atom is 0.267 e. The van der Waals surface area contributed by atoms with Crippen LogP contribution in [0.4, 0.5) is 5.69 Å². The summed E-state index contributed by atoms with van der Waals surface area (Å²) >= 11 is 7.36. The molecule has 1 N–H and O–H groups in total. The molecule has 0 radical (unpaired) electrons. The van der Waals surface area contributed by atoms with Gasteiger partial charge in [-0.3, -0.25) is 4.79 Å². The van der Waals surface area contributed by atoms with Gasteiger partial charge in [0.1, 0.15) is 4.88 Å². The van der Waals surface area contributed by atoms with Crippen molar-refractivity contribution in [2.45, 2.75) is 6.92 Å². The van der Waals surface area contributed by atoms with Crippen molar-refractivity contribution in [1.82, 2.24) is 4.57 Å². The van der Waals surface area contributed by atoms with Crippen LogP contribution in [0, 0.1) is 6.92 Å². The van der Waals surface area contributed by atoms with Crippen LogP contribution in [-0.2, 0) is 0 Å². The molecule has 0 saturated heterocycles. The lowest BCUT2D eigenvalue weighted by Crippen LogP contribution is -2.13. The minimum absolute atomic E-state index is 0.112. The smallest absolute Gasteiger partial charge is 0.267 e. The summed E-state index contributed by atoms with van der Waals surface area (Å²) in [7, 11) is 0. The minimum Gasteiger partial charge on any atom is -0.322 e. The highest BCUT2D eigenvalue weighted by molar-refractivity contribution is 7.12. The molecule has 21 heavy (non-hydrogen) atoms. The third kappa shape index (κ3) is 2.86. The van der Waals surface area contributed by atoms with Crippen molar-refractivity contribution in [2.75, 3.05) is 5.32 Å². The number of aryl methyl sites for hydroxylation is 1. The zero-order chi connectivity index (χ0) is 14.8. The van der Waals surface area contributed by atoms with E-state index in [2.05, 4.69) is 5.32 Å². The summed E-state index contributed by atoms with van der Waals surface area (Å²) in [6.45, 7) is 1.92. The van der Waals surface area contributed by atoms with Crippen LogP contribution in [0.15, 0.2) is 54.2 Å². The van der Waals surface area contributed by atoms with E-state index in [0.29, 0.717) is 9.90 Å². The van der Waals surface area contributed by atoms with E-state index in [9.17, 15) is 4.79 Å². The number of aromatic nitrogens is 1. The van der Waals surface area contributed by atoms with Crippen LogP contribution in [0.25, 0.3) is 5.69 Å². The minimum atomic E-state index is -0.112. The largest absolute Gasteiger partial charge is 0.322 e. The Bertz CT molecular complexity index is 777. The summed E-state index contributed by atoms with van der Waals surface area (Å²) in [5.41, 5.74) is 2.60. The van der Waals surface area contributed by atoms with Gasteiger partial charge in [-0.2, -0.15) is 0 Å². The maximum atomic E-state index is 12.5. The first-order valence-corrected chi connectivity index (χ1v) is 7.69. The van der Waals surface area contributed by atoms with Crippen molar-refractivity contribution in [2.24, 2.45) is 0 Å². The number of hydrogen-bond donors (Lipinski definition) is 1. The van der Waals surface area contributed by atoms with Crippen LogP contribution in [-0.4, -0.2) is 10.5 Å². The predicted molar refractivity (Wildman–Crippen MR) is 87.8 cm³/mol. The Kier molecular flexibility index (Phi) is 3.82. The standard InChI is InChI=1S/C16H13ClN2OS/c1-11-10-12(17)4-5-13(11)18-16(20)15-14(6-9-21-15)19-7-2-3-8-19/h2-10H,1H3,(H,18,20). The Morgan fingerprint density at radius 1 is 1.24 bits per heavy atom. The van der Waals surface area contributed by atoms with E-state index in [1.165, 1.54) is 11.3 Å². The molecular weight excluding hydrogens is 304 g/mol. The van der Waals surface area contributed by atoms with Gasteiger partial charge in [-0.25, -0.2) is 0 Å². The molecule has 0 bridgehead atoms. The van der Waals surface area contributed by atoms with Gasteiger partial charge < -0.3 is 9.88 Å². The second-order valence-corrected chi connectivity index (χ2v) is 5.99. The number of amides is 1. The van der Waals surface area contributed by atoms with Gasteiger partial charge in [0.2, 0.25) is 0 Å². The molecule has 1 aromatic carbocycles. The number of nitrogens with zero attached hydrogens (tertiary/aromatic N) is 1. The average molecular weight is 317 g/mol. The van der Waals surface area contributed by atoms with E-state index in [0.717, 1.165) is 16.9 Å². The highest BCUT2D eigenvalue weighted by Crippen LogP contribution is 2.25. The fraction of sp³-hybridized carbons (Fsp3) is 0.0625. The van der Waals surface area contributed by atoms with Gasteiger partial charge in [-0.15, -0.1) is 11.3 Å². The van der Waals surface area contributed by atoms with Crippen molar-refractivity contribution >= 4 is 34.5 Å². The van der Waals surface area contributed by atoms with Crippen molar-refractivity contribution < 1.29 is 4.79 Å². The molecule has 0 aliphatic rings. The number of carbonyl (C=O) groups excluding carboxylic acids is 1. The number of carbonyl (C=O) groups is 1. The van der Waals surface area contributed by atoms with Gasteiger partial charge in [-0.1, -0.05) is 11.6 Å². The summed E-state index contributed by atoms with van der Waals surface area (Å²) in [5, 5.41) is 5.52. The second-order valence-electron chi connectivity index (χ2n) is 4.64. The molecule has 0 unspecified atom stereocenters. The van der Waals surface area contributed by atoms with Crippen LogP contribution >= 0.6 is 22.9 Å². The molecule has 0 aliphatic heterocycles. The molecule has 0 spiro atoms. The van der Waals surface area contributed by atoms with Crippen LogP contribution in [0.1, 0.15) is 15.2 Å². The highest BCUT2D eigenvalue weighted by atomic mass is 35.5. The van der Waals surface area contributed by atoms with E-state index >= 15 is 0 Å². The molecule has 5 heteroatoms. The zero-order valence-corrected chi connectivity index (χ0v) is 12.9. The molecule has 106 valence electrons. The monoisotopic (exact) mass is 316 g/mol. The number of thiophene rings is 1. The number of benzene rings is 1. The summed E-state index contributed by atoms with van der Waals surface area (Å²) in [6.07, 6.45) is 3.85. The first-order valence-electron chi connectivity index (χ1n) is 6.43. The van der Waals surface area contributed by atoms with Crippen LogP contribution in [0.2, 0.25) is 5.02 Å². The number of rotatable bonds is 3. The molecule has 0 fully saturated rings. The van der Waals surface area contributed by atoms with E-state index in [1.54, 1.807) is 6.07 Å². The third-order valence-corrected chi connectivity index (χ3v) is 4.31. The van der Waals surface area contributed by atoms with Crippen LogP contribution in [0.3, 0.4) is 0 Å². The fourth-order valence-corrected chi connectivity index (χ4v) is 3.13. The first kappa shape index (κ1) is 13.9. The molecule has 0 saturated carbocycles. The van der Waals surface area contributed by atoms with Crippen molar-refractivity contribution in [3.63, 3.8) is 0 Å². The zero-order valence-electron chi connectivity index (χ0n) is 11.3. The number of halogens is 1. The van der Waals surface area contributed by atoms with Gasteiger partial charge in [-0.05, 0) is 54.3 Å². The Morgan fingerprint density at radius 2 is 2.00 bits per heavy atom. The van der Waals surface area contributed by atoms with Gasteiger partial charge in [0.15, 0.2) is 0 Å². The van der Waals surface area contributed by atoms with Gasteiger partial charge >= 0.3 is 0 Å². The van der Waals surface area contributed by atoms with Crippen LogP contribution in [0.5, 0.6) is 0 Å². The number of nitrogens with one attached hydrogen (secondary N) is 1.